The molecule has 8 atom stereocenters. The van der Waals surface area contributed by atoms with Crippen LogP contribution in [0, 0.1) is 23.7 Å². The van der Waals surface area contributed by atoms with Gasteiger partial charge in [0.1, 0.15) is 5.78 Å². The van der Waals surface area contributed by atoms with Crippen LogP contribution < -0.4 is 5.32 Å². The first-order chi connectivity index (χ1) is 21.4. The van der Waals surface area contributed by atoms with Crippen LogP contribution in [0.25, 0.3) is 0 Å². The van der Waals surface area contributed by atoms with Crippen molar-refractivity contribution >= 4 is 17.7 Å². The lowest BCUT2D eigenvalue weighted by atomic mass is 9.91. The number of aliphatic hydroxyl groups is 3. The van der Waals surface area contributed by atoms with Crippen molar-refractivity contribution in [2.45, 2.75) is 143 Å². The van der Waals surface area contributed by atoms with E-state index in [4.69, 9.17) is 9.47 Å². The van der Waals surface area contributed by atoms with E-state index in [1.165, 1.54) is 0 Å². The SMILES string of the molecule is CCC[C@@H]1OC(=O)[C@H](C)C[C@H](C)CCCCC(=O)CCC[C@H](CC)/C=C/C=C(\COC)[C@H](C)C[C@H](O)[C@H](O)C[C@H](O)CNC1=O. The van der Waals surface area contributed by atoms with Gasteiger partial charge in [0.2, 0.25) is 0 Å². The van der Waals surface area contributed by atoms with Crippen LogP contribution in [0.15, 0.2) is 23.8 Å². The smallest absolute Gasteiger partial charge is 0.309 e. The molecule has 0 saturated heterocycles. The molecule has 0 unspecified atom stereocenters. The number of ether oxygens (including phenoxy) is 2. The number of amides is 1. The minimum Gasteiger partial charge on any atom is -0.452 e. The number of ketones is 1. The summed E-state index contributed by atoms with van der Waals surface area (Å²) in [5, 5.41) is 34.5. The minimum atomic E-state index is -1.19. The molecular formula is C36H63NO8. The maximum atomic E-state index is 12.9. The molecule has 0 radical (unpaired) electrons. The summed E-state index contributed by atoms with van der Waals surface area (Å²) in [6.07, 6.45) is 10.3. The molecule has 260 valence electrons. The van der Waals surface area contributed by atoms with Gasteiger partial charge in [0, 0.05) is 32.9 Å². The van der Waals surface area contributed by atoms with Gasteiger partial charge in [-0.15, -0.1) is 0 Å². The Hall–Kier alpha value is -2.07. The number of nitrogens with one attached hydrogen (secondary N) is 1. The molecule has 1 aliphatic heterocycles. The van der Waals surface area contributed by atoms with Crippen LogP contribution in [0.4, 0.5) is 0 Å². The average molecular weight is 638 g/mol. The lowest BCUT2D eigenvalue weighted by Crippen LogP contribution is -2.43. The predicted octanol–water partition coefficient (Wildman–Crippen LogP) is 5.44. The Morgan fingerprint density at radius 3 is 2.27 bits per heavy atom. The zero-order valence-electron chi connectivity index (χ0n) is 28.8. The van der Waals surface area contributed by atoms with Crippen LogP contribution in [-0.4, -0.2) is 77.7 Å². The molecule has 4 N–H and O–H groups in total. The number of hydrogen-bond acceptors (Lipinski definition) is 8. The van der Waals surface area contributed by atoms with Crippen LogP contribution >= 0.6 is 0 Å². The van der Waals surface area contributed by atoms with E-state index in [2.05, 4.69) is 25.2 Å². The molecule has 0 aromatic rings. The normalized spacial score (nSPS) is 34.0. The highest BCUT2D eigenvalue weighted by Gasteiger charge is 2.28. The number of Topliss-reactive ketones (excluding diaryl/α,β-unsaturated/α-hetero) is 1. The summed E-state index contributed by atoms with van der Waals surface area (Å²) in [4.78, 5) is 38.2. The number of carbonyl (C=O) groups excluding carboxylic acids is 3. The Balaban J connectivity index is 3.03. The molecule has 0 bridgehead atoms. The van der Waals surface area contributed by atoms with Crippen molar-refractivity contribution in [2.75, 3.05) is 20.3 Å². The maximum Gasteiger partial charge on any atom is 0.309 e. The first-order valence-electron chi connectivity index (χ1n) is 17.3. The van der Waals surface area contributed by atoms with Crippen molar-refractivity contribution in [3.05, 3.63) is 23.8 Å². The van der Waals surface area contributed by atoms with E-state index < -0.39 is 36.3 Å². The Labute approximate surface area is 272 Å². The third kappa shape index (κ3) is 17.4. The average Bonchev–Trinajstić information content (AvgIpc) is 2.99. The summed E-state index contributed by atoms with van der Waals surface area (Å²) >= 11 is 0. The van der Waals surface area contributed by atoms with Gasteiger partial charge in [-0.05, 0) is 68.3 Å². The summed E-state index contributed by atoms with van der Waals surface area (Å²) in [5.41, 5.74) is 0.978. The van der Waals surface area contributed by atoms with Crippen LogP contribution in [0.1, 0.15) is 118 Å². The number of cyclic esters (lactones) is 1. The van der Waals surface area contributed by atoms with Crippen LogP contribution in [-0.2, 0) is 23.9 Å². The summed E-state index contributed by atoms with van der Waals surface area (Å²) in [7, 11) is 1.62. The molecule has 1 heterocycles. The van der Waals surface area contributed by atoms with Crippen LogP contribution in [0.3, 0.4) is 0 Å². The highest BCUT2D eigenvalue weighted by molar-refractivity contribution is 5.84. The van der Waals surface area contributed by atoms with Crippen molar-refractivity contribution in [1.29, 1.82) is 0 Å². The van der Waals surface area contributed by atoms with Gasteiger partial charge in [0.25, 0.3) is 5.91 Å². The molecule has 9 heteroatoms. The molecule has 0 fully saturated rings. The van der Waals surface area contributed by atoms with E-state index >= 15 is 0 Å². The molecule has 1 rings (SSSR count). The zero-order chi connectivity index (χ0) is 33.8. The first-order valence-corrected chi connectivity index (χ1v) is 17.3. The summed E-state index contributed by atoms with van der Waals surface area (Å²) < 4.78 is 11.0. The second kappa shape index (κ2) is 23.3. The quantitative estimate of drug-likeness (QED) is 0.292. The number of β-amino-alcohol motifs (C(OH)–C–C–N with tert-alkyl or cyclic N) is 1. The fraction of sp³-hybridized carbons (Fsp3) is 0.806. The maximum absolute atomic E-state index is 12.9. The number of rotatable bonds is 5. The molecular weight excluding hydrogens is 574 g/mol. The Bertz CT molecular complexity index is 919. The van der Waals surface area contributed by atoms with Crippen molar-refractivity contribution < 1.29 is 39.2 Å². The van der Waals surface area contributed by atoms with Gasteiger partial charge in [0.05, 0.1) is 30.8 Å². The van der Waals surface area contributed by atoms with E-state index in [0.29, 0.717) is 50.4 Å². The largest absolute Gasteiger partial charge is 0.452 e. The van der Waals surface area contributed by atoms with E-state index in [9.17, 15) is 29.7 Å². The number of esters is 1. The first kappa shape index (κ1) is 41.0. The van der Waals surface area contributed by atoms with Crippen LogP contribution in [0.2, 0.25) is 0 Å². The molecule has 0 aromatic carbocycles. The molecule has 0 aromatic heterocycles. The summed E-state index contributed by atoms with van der Waals surface area (Å²) in [6.45, 7) is 10.2. The van der Waals surface area contributed by atoms with Gasteiger partial charge < -0.3 is 30.1 Å². The van der Waals surface area contributed by atoms with Crippen LogP contribution in [0.5, 0.6) is 0 Å². The molecule has 0 saturated carbocycles. The number of carbonyl (C=O) groups is 3. The Morgan fingerprint density at radius 2 is 1.60 bits per heavy atom. The lowest BCUT2D eigenvalue weighted by molar-refractivity contribution is -0.160. The topological polar surface area (TPSA) is 142 Å². The molecule has 0 spiro atoms. The highest BCUT2D eigenvalue weighted by atomic mass is 16.5. The molecule has 1 amide bonds. The number of allylic oxidation sites excluding steroid dienone is 3. The second-order valence-corrected chi connectivity index (χ2v) is 13.3. The number of aliphatic hydroxyl groups excluding tert-OH is 3. The van der Waals surface area contributed by atoms with Crippen molar-refractivity contribution in [3.63, 3.8) is 0 Å². The van der Waals surface area contributed by atoms with Gasteiger partial charge in [-0.3, -0.25) is 14.4 Å². The van der Waals surface area contributed by atoms with Crippen molar-refractivity contribution in [1.82, 2.24) is 5.32 Å². The fourth-order valence-corrected chi connectivity index (χ4v) is 5.90. The lowest BCUT2D eigenvalue weighted by Gasteiger charge is -2.25. The second-order valence-electron chi connectivity index (χ2n) is 13.3. The minimum absolute atomic E-state index is 0.0875. The summed E-state index contributed by atoms with van der Waals surface area (Å²) in [6, 6.07) is 0. The molecule has 1 aliphatic rings. The van der Waals surface area contributed by atoms with E-state index in [-0.39, 0.29) is 37.1 Å². The summed E-state index contributed by atoms with van der Waals surface area (Å²) in [5.74, 6) is -0.422. The van der Waals surface area contributed by atoms with Gasteiger partial charge >= 0.3 is 5.97 Å². The van der Waals surface area contributed by atoms with Gasteiger partial charge in [0.15, 0.2) is 6.10 Å². The highest BCUT2D eigenvalue weighted by Crippen LogP contribution is 2.23. The fourth-order valence-electron chi connectivity index (χ4n) is 5.90. The van der Waals surface area contributed by atoms with Gasteiger partial charge in [-0.1, -0.05) is 72.1 Å². The van der Waals surface area contributed by atoms with Gasteiger partial charge in [-0.25, -0.2) is 0 Å². The third-order valence-electron chi connectivity index (χ3n) is 8.92. The zero-order valence-corrected chi connectivity index (χ0v) is 28.8. The van der Waals surface area contributed by atoms with Crippen molar-refractivity contribution in [3.8, 4) is 0 Å². The molecule has 0 aliphatic carbocycles. The van der Waals surface area contributed by atoms with Gasteiger partial charge in [-0.2, -0.15) is 0 Å². The monoisotopic (exact) mass is 637 g/mol. The molecule has 9 nitrogen and oxygen atoms in total. The number of methoxy groups -OCH3 is 1. The Morgan fingerprint density at radius 1 is 0.911 bits per heavy atom. The van der Waals surface area contributed by atoms with E-state index in [1.54, 1.807) is 7.11 Å². The number of hydrogen-bond donors (Lipinski definition) is 4. The van der Waals surface area contributed by atoms with Crippen molar-refractivity contribution in [2.24, 2.45) is 23.7 Å². The standard InChI is InChI=1S/C36H63NO8/c1-7-13-34-35(42)37-23-31(39)22-33(41)32(40)21-26(4)29(24-44-6)17-11-15-28(8-2)16-12-19-30(38)18-10-9-14-25(3)20-27(5)36(43)45-34/h11,15,17,25-28,31-34,39-41H,7-10,12-14,16,18-24H2,1-6H3,(H,37,42)/b15-11+,29-17+/t25-,26-,27-,28-,31+,32+,33-,34+/m1/s1. The molecule has 45 heavy (non-hydrogen) atoms. The Kier molecular flexibility index (Phi) is 21.2. The third-order valence-corrected chi connectivity index (χ3v) is 8.92. The van der Waals surface area contributed by atoms with E-state index in [0.717, 1.165) is 44.1 Å². The van der Waals surface area contributed by atoms with E-state index in [1.807, 2.05) is 32.9 Å². The predicted molar refractivity (Wildman–Crippen MR) is 177 cm³/mol.